The van der Waals surface area contributed by atoms with Crippen LogP contribution in [0.5, 0.6) is 11.5 Å². The molecule has 0 saturated heterocycles. The lowest BCUT2D eigenvalue weighted by atomic mass is 10.0. The number of rotatable bonds is 8. The fourth-order valence-electron chi connectivity index (χ4n) is 2.26. The molecule has 0 radical (unpaired) electrons. The quantitative estimate of drug-likeness (QED) is 0.769. The molecule has 0 aliphatic heterocycles. The van der Waals surface area contributed by atoms with Gasteiger partial charge in [0.1, 0.15) is 18.1 Å². The molecule has 5 heteroatoms. The molecular formula is C20H26N2O3. The summed E-state index contributed by atoms with van der Waals surface area (Å²) in [6.07, 6.45) is -0.601. The van der Waals surface area contributed by atoms with Gasteiger partial charge in [0.15, 0.2) is 6.10 Å². The molecule has 0 aliphatic carbocycles. The van der Waals surface area contributed by atoms with Crippen molar-refractivity contribution in [2.45, 2.75) is 32.8 Å². The van der Waals surface area contributed by atoms with E-state index >= 15 is 0 Å². The maximum atomic E-state index is 12.3. The van der Waals surface area contributed by atoms with Gasteiger partial charge < -0.3 is 20.5 Å². The number of carbonyl (C=O) groups is 1. The molecule has 2 rings (SSSR count). The van der Waals surface area contributed by atoms with Crippen LogP contribution in [-0.4, -0.2) is 25.2 Å². The molecule has 0 heterocycles. The zero-order chi connectivity index (χ0) is 18.2. The fourth-order valence-corrected chi connectivity index (χ4v) is 2.26. The van der Waals surface area contributed by atoms with Crippen LogP contribution < -0.4 is 20.5 Å². The van der Waals surface area contributed by atoms with E-state index in [0.29, 0.717) is 30.5 Å². The number of nitrogens with two attached hydrogens (primary N) is 1. The molecule has 2 aromatic rings. The van der Waals surface area contributed by atoms with Gasteiger partial charge in [-0.15, -0.1) is 0 Å². The van der Waals surface area contributed by atoms with Gasteiger partial charge in [0.05, 0.1) is 0 Å². The molecule has 0 aromatic heterocycles. The molecule has 134 valence electrons. The van der Waals surface area contributed by atoms with E-state index in [9.17, 15) is 4.79 Å². The molecule has 25 heavy (non-hydrogen) atoms. The van der Waals surface area contributed by atoms with Crippen LogP contribution in [0.15, 0.2) is 48.5 Å². The first-order valence-electron chi connectivity index (χ1n) is 8.50. The second-order valence-electron chi connectivity index (χ2n) is 6.14. The molecule has 0 aliphatic rings. The summed E-state index contributed by atoms with van der Waals surface area (Å²) in [4.78, 5) is 12.3. The van der Waals surface area contributed by atoms with Crippen molar-refractivity contribution in [3.05, 3.63) is 54.1 Å². The number of carbonyl (C=O) groups excluding carboxylic acids is 1. The summed E-state index contributed by atoms with van der Waals surface area (Å²) in [7, 11) is 0. The SMILES string of the molecule is CC(Oc1cccc(C(C)C)c1)C(=O)Nc1ccc(OCCN)cc1. The van der Waals surface area contributed by atoms with Gasteiger partial charge in [0.25, 0.3) is 5.91 Å². The van der Waals surface area contributed by atoms with E-state index in [4.69, 9.17) is 15.2 Å². The lowest BCUT2D eigenvalue weighted by Crippen LogP contribution is -2.30. The third kappa shape index (κ3) is 5.80. The topological polar surface area (TPSA) is 73.6 Å². The second kappa shape index (κ2) is 9.08. The molecule has 5 nitrogen and oxygen atoms in total. The summed E-state index contributed by atoms with van der Waals surface area (Å²) < 4.78 is 11.2. The van der Waals surface area contributed by atoms with Crippen LogP contribution >= 0.6 is 0 Å². The highest BCUT2D eigenvalue weighted by molar-refractivity contribution is 5.94. The van der Waals surface area contributed by atoms with Crippen LogP contribution in [0.1, 0.15) is 32.3 Å². The van der Waals surface area contributed by atoms with E-state index < -0.39 is 6.10 Å². The lowest BCUT2D eigenvalue weighted by molar-refractivity contribution is -0.122. The van der Waals surface area contributed by atoms with Gasteiger partial charge in [0.2, 0.25) is 0 Å². The Morgan fingerprint density at radius 1 is 1.08 bits per heavy atom. The second-order valence-corrected chi connectivity index (χ2v) is 6.14. The molecule has 2 aromatic carbocycles. The Hall–Kier alpha value is -2.53. The molecular weight excluding hydrogens is 316 g/mol. The Morgan fingerprint density at radius 2 is 1.80 bits per heavy atom. The van der Waals surface area contributed by atoms with Gasteiger partial charge in [-0.2, -0.15) is 0 Å². The first-order chi connectivity index (χ1) is 12.0. The highest BCUT2D eigenvalue weighted by Gasteiger charge is 2.15. The van der Waals surface area contributed by atoms with Gasteiger partial charge in [-0.3, -0.25) is 4.79 Å². The van der Waals surface area contributed by atoms with Crippen LogP contribution in [-0.2, 0) is 4.79 Å². The van der Waals surface area contributed by atoms with Crippen LogP contribution in [0.2, 0.25) is 0 Å². The summed E-state index contributed by atoms with van der Waals surface area (Å²) in [5.74, 6) is 1.62. The number of hydrogen-bond acceptors (Lipinski definition) is 4. The van der Waals surface area contributed by atoms with Crippen LogP contribution in [0.25, 0.3) is 0 Å². The van der Waals surface area contributed by atoms with Crippen LogP contribution in [0.3, 0.4) is 0 Å². The van der Waals surface area contributed by atoms with E-state index in [1.807, 2.05) is 18.2 Å². The maximum absolute atomic E-state index is 12.3. The molecule has 0 bridgehead atoms. The first kappa shape index (κ1) is 18.8. The van der Waals surface area contributed by atoms with Crippen molar-refractivity contribution in [3.8, 4) is 11.5 Å². The maximum Gasteiger partial charge on any atom is 0.265 e. The van der Waals surface area contributed by atoms with Crippen LogP contribution in [0.4, 0.5) is 5.69 Å². The van der Waals surface area contributed by atoms with E-state index in [0.717, 1.165) is 5.75 Å². The Balaban J connectivity index is 1.92. The number of hydrogen-bond donors (Lipinski definition) is 2. The summed E-state index contributed by atoms with van der Waals surface area (Å²) in [6.45, 7) is 6.90. The average molecular weight is 342 g/mol. The van der Waals surface area contributed by atoms with Crippen molar-refractivity contribution in [1.29, 1.82) is 0 Å². The van der Waals surface area contributed by atoms with Crippen molar-refractivity contribution < 1.29 is 14.3 Å². The lowest BCUT2D eigenvalue weighted by Gasteiger charge is -2.16. The minimum atomic E-state index is -0.601. The zero-order valence-corrected chi connectivity index (χ0v) is 15.0. The fraction of sp³-hybridized carbons (Fsp3) is 0.350. The van der Waals surface area contributed by atoms with Crippen molar-refractivity contribution in [2.24, 2.45) is 5.73 Å². The number of nitrogens with one attached hydrogen (secondary N) is 1. The van der Waals surface area contributed by atoms with Gasteiger partial charge >= 0.3 is 0 Å². The Morgan fingerprint density at radius 3 is 2.44 bits per heavy atom. The first-order valence-corrected chi connectivity index (χ1v) is 8.50. The Bertz CT molecular complexity index is 684. The highest BCUT2D eigenvalue weighted by atomic mass is 16.5. The van der Waals surface area contributed by atoms with E-state index in [-0.39, 0.29) is 5.91 Å². The third-order valence-corrected chi connectivity index (χ3v) is 3.72. The average Bonchev–Trinajstić information content (AvgIpc) is 2.61. The number of amides is 1. The smallest absolute Gasteiger partial charge is 0.265 e. The molecule has 0 saturated carbocycles. The van der Waals surface area contributed by atoms with Crippen molar-refractivity contribution in [1.82, 2.24) is 0 Å². The van der Waals surface area contributed by atoms with Gasteiger partial charge in [-0.25, -0.2) is 0 Å². The molecule has 0 spiro atoms. The van der Waals surface area contributed by atoms with E-state index in [2.05, 4.69) is 25.2 Å². The number of ether oxygens (including phenoxy) is 2. The zero-order valence-electron chi connectivity index (χ0n) is 15.0. The highest BCUT2D eigenvalue weighted by Crippen LogP contribution is 2.21. The summed E-state index contributed by atoms with van der Waals surface area (Å²) in [5.41, 5.74) is 7.27. The summed E-state index contributed by atoms with van der Waals surface area (Å²) in [5, 5.41) is 2.84. The third-order valence-electron chi connectivity index (χ3n) is 3.72. The summed E-state index contributed by atoms with van der Waals surface area (Å²) >= 11 is 0. The molecule has 1 atom stereocenters. The van der Waals surface area contributed by atoms with E-state index in [1.165, 1.54) is 5.56 Å². The van der Waals surface area contributed by atoms with Crippen molar-refractivity contribution >= 4 is 11.6 Å². The van der Waals surface area contributed by atoms with Gasteiger partial charge in [-0.1, -0.05) is 26.0 Å². The van der Waals surface area contributed by atoms with Crippen molar-refractivity contribution in [2.75, 3.05) is 18.5 Å². The minimum Gasteiger partial charge on any atom is -0.492 e. The minimum absolute atomic E-state index is 0.203. The Kier molecular flexibility index (Phi) is 6.83. The molecule has 3 N–H and O–H groups in total. The van der Waals surface area contributed by atoms with E-state index in [1.54, 1.807) is 31.2 Å². The predicted molar refractivity (Wildman–Crippen MR) is 100 cm³/mol. The summed E-state index contributed by atoms with van der Waals surface area (Å²) in [6, 6.07) is 15.0. The number of benzene rings is 2. The Labute approximate surface area is 149 Å². The largest absolute Gasteiger partial charge is 0.492 e. The normalized spacial score (nSPS) is 11.9. The van der Waals surface area contributed by atoms with Crippen molar-refractivity contribution in [3.63, 3.8) is 0 Å². The van der Waals surface area contributed by atoms with Crippen LogP contribution in [0, 0.1) is 0 Å². The standard InChI is InChI=1S/C20H26N2O3/c1-14(2)16-5-4-6-19(13-16)25-15(3)20(23)22-17-7-9-18(10-8-17)24-12-11-21/h4-10,13-15H,11-12,21H2,1-3H3,(H,22,23). The van der Waals surface area contributed by atoms with Gasteiger partial charge in [0, 0.05) is 12.2 Å². The molecule has 1 amide bonds. The molecule has 1 unspecified atom stereocenters. The predicted octanol–water partition coefficient (Wildman–Crippen LogP) is 3.55. The monoisotopic (exact) mass is 342 g/mol. The molecule has 0 fully saturated rings. The number of anilines is 1. The van der Waals surface area contributed by atoms with Gasteiger partial charge in [-0.05, 0) is 54.8 Å².